The fourth-order valence-electron chi connectivity index (χ4n) is 0.776. The third-order valence-corrected chi connectivity index (χ3v) is 5.24. The van der Waals surface area contributed by atoms with E-state index in [1.165, 1.54) is 18.2 Å². The Bertz CT molecular complexity index is 349. The molecule has 6 nitrogen and oxygen atoms in total. The number of hydrogen-bond acceptors (Lipinski definition) is 6. The van der Waals surface area contributed by atoms with E-state index >= 15 is 0 Å². The third-order valence-electron chi connectivity index (χ3n) is 1.40. The molecule has 0 radical (unpaired) electrons. The monoisotopic (exact) mass is 464 g/mol. The molecule has 0 bridgehead atoms. The molecule has 0 aliphatic carbocycles. The summed E-state index contributed by atoms with van der Waals surface area (Å²) in [5.74, 6) is -2.12. The number of carbonyl (C=O) groups excluding carboxylic acids is 3. The van der Waals surface area contributed by atoms with Crippen molar-refractivity contribution in [3.63, 3.8) is 0 Å². The molecule has 0 aliphatic heterocycles. The Kier molecular flexibility index (Phi) is 9.62. The SMILES string of the molecule is CC=CC(=O)[O][Bi]([O]C(=O)C=CC)[O]C(=O)C=CC. The number of hydrogen-bond donors (Lipinski definition) is 0. The molecule has 0 atom stereocenters. The van der Waals surface area contributed by atoms with Crippen LogP contribution in [0.2, 0.25) is 0 Å². The van der Waals surface area contributed by atoms with Gasteiger partial charge < -0.3 is 0 Å². The van der Waals surface area contributed by atoms with E-state index in [-0.39, 0.29) is 0 Å². The van der Waals surface area contributed by atoms with Crippen LogP contribution in [0.4, 0.5) is 0 Å². The van der Waals surface area contributed by atoms with Gasteiger partial charge in [0.05, 0.1) is 0 Å². The molecule has 0 fully saturated rings. The summed E-state index contributed by atoms with van der Waals surface area (Å²) in [7, 11) is 0. The van der Waals surface area contributed by atoms with E-state index in [0.717, 1.165) is 18.2 Å². The van der Waals surface area contributed by atoms with Gasteiger partial charge in [0.2, 0.25) is 0 Å². The van der Waals surface area contributed by atoms with Gasteiger partial charge in [-0.2, -0.15) is 0 Å². The van der Waals surface area contributed by atoms with E-state index < -0.39 is 41.0 Å². The molecule has 0 amide bonds. The van der Waals surface area contributed by atoms with E-state index in [4.69, 9.17) is 8.44 Å². The summed E-state index contributed by atoms with van der Waals surface area (Å²) in [6, 6.07) is 0. The summed E-state index contributed by atoms with van der Waals surface area (Å²) in [6.07, 6.45) is 7.84. The van der Waals surface area contributed by atoms with Crippen LogP contribution in [0.1, 0.15) is 20.8 Å². The Morgan fingerprint density at radius 1 is 0.684 bits per heavy atom. The summed E-state index contributed by atoms with van der Waals surface area (Å²) in [5, 5.41) is 0. The molecule has 7 heteroatoms. The Morgan fingerprint density at radius 3 is 1.16 bits per heavy atom. The standard InChI is InChI=1S/3C4H6O2.Bi/c3*1-2-3-4(5)6;/h3*2-3H,1H3,(H,5,6);/q;;;+3/p-3. The van der Waals surface area contributed by atoms with E-state index in [2.05, 4.69) is 0 Å². The van der Waals surface area contributed by atoms with Gasteiger partial charge in [0.25, 0.3) is 0 Å². The van der Waals surface area contributed by atoms with Crippen molar-refractivity contribution >= 4 is 41.0 Å². The van der Waals surface area contributed by atoms with E-state index in [9.17, 15) is 14.4 Å². The molecule has 0 saturated heterocycles. The maximum atomic E-state index is 11.3. The first-order valence-corrected chi connectivity index (χ1v) is 9.63. The van der Waals surface area contributed by atoms with Crippen LogP contribution in [-0.2, 0) is 22.8 Å². The zero-order valence-corrected chi connectivity index (χ0v) is 14.3. The molecule has 0 saturated carbocycles. The summed E-state index contributed by atoms with van der Waals surface area (Å²) >= 11 is -3.89. The quantitative estimate of drug-likeness (QED) is 0.436. The molecule has 0 aromatic heterocycles. The van der Waals surface area contributed by atoms with Crippen LogP contribution in [0.5, 0.6) is 0 Å². The van der Waals surface area contributed by atoms with Gasteiger partial charge in [-0.3, -0.25) is 0 Å². The average molecular weight is 464 g/mol. The topological polar surface area (TPSA) is 78.9 Å². The molecule has 0 N–H and O–H groups in total. The zero-order valence-electron chi connectivity index (χ0n) is 10.9. The molecule has 19 heavy (non-hydrogen) atoms. The number of allylic oxidation sites excluding steroid dienone is 3. The van der Waals surface area contributed by atoms with Crippen LogP contribution in [0, 0.1) is 0 Å². The molecule has 0 heterocycles. The van der Waals surface area contributed by atoms with Crippen LogP contribution in [0.3, 0.4) is 0 Å². The Morgan fingerprint density at radius 2 is 0.947 bits per heavy atom. The van der Waals surface area contributed by atoms with Crippen molar-refractivity contribution in [2.45, 2.75) is 20.8 Å². The second-order valence-corrected chi connectivity index (χ2v) is 6.82. The van der Waals surface area contributed by atoms with Gasteiger partial charge in [-0.05, 0) is 0 Å². The van der Waals surface area contributed by atoms with Crippen molar-refractivity contribution in [2.24, 2.45) is 0 Å². The maximum absolute atomic E-state index is 11.3. The Hall–Kier alpha value is -1.49. The van der Waals surface area contributed by atoms with E-state index in [1.807, 2.05) is 0 Å². The predicted octanol–water partition coefficient (Wildman–Crippen LogP) is 1.33. The third kappa shape index (κ3) is 9.13. The summed E-state index contributed by atoms with van der Waals surface area (Å²) in [4.78, 5) is 33.8. The summed E-state index contributed by atoms with van der Waals surface area (Å²) in [6.45, 7) is 4.88. The normalized spacial score (nSPS) is 11.4. The molecule has 0 unspecified atom stereocenters. The van der Waals surface area contributed by atoms with Gasteiger partial charge in [-0.15, -0.1) is 0 Å². The van der Waals surface area contributed by atoms with Crippen molar-refractivity contribution < 1.29 is 22.8 Å². The minimum atomic E-state index is -3.89. The summed E-state index contributed by atoms with van der Waals surface area (Å²) < 4.78 is 14.5. The van der Waals surface area contributed by atoms with Crippen LogP contribution < -0.4 is 0 Å². The second-order valence-electron chi connectivity index (χ2n) is 2.95. The minimum absolute atomic E-state index is 0.707. The Labute approximate surface area is 121 Å². The van der Waals surface area contributed by atoms with Crippen LogP contribution >= 0.6 is 0 Å². The van der Waals surface area contributed by atoms with Gasteiger partial charge >= 0.3 is 121 Å². The van der Waals surface area contributed by atoms with Crippen molar-refractivity contribution in [2.75, 3.05) is 0 Å². The summed E-state index contributed by atoms with van der Waals surface area (Å²) in [5.41, 5.74) is 0. The average Bonchev–Trinajstić information content (AvgIpc) is 2.29. The van der Waals surface area contributed by atoms with Crippen molar-refractivity contribution in [1.29, 1.82) is 0 Å². The van der Waals surface area contributed by atoms with E-state index in [1.54, 1.807) is 20.8 Å². The van der Waals surface area contributed by atoms with Crippen LogP contribution in [-0.4, -0.2) is 41.0 Å². The molecule has 104 valence electrons. The van der Waals surface area contributed by atoms with Gasteiger partial charge in [0, 0.05) is 0 Å². The van der Waals surface area contributed by atoms with Crippen LogP contribution in [0.25, 0.3) is 0 Å². The second kappa shape index (κ2) is 10.4. The predicted molar refractivity (Wildman–Crippen MR) is 68.5 cm³/mol. The molecule has 0 rings (SSSR count). The van der Waals surface area contributed by atoms with Crippen molar-refractivity contribution in [1.82, 2.24) is 0 Å². The first-order chi connectivity index (χ1) is 9.03. The van der Waals surface area contributed by atoms with Gasteiger partial charge in [0.1, 0.15) is 0 Å². The first kappa shape index (κ1) is 17.5. The van der Waals surface area contributed by atoms with Gasteiger partial charge in [0.15, 0.2) is 0 Å². The molecule has 0 aliphatic rings. The molecular formula is C12H15BiO6. The fourth-order valence-corrected chi connectivity index (χ4v) is 3.63. The van der Waals surface area contributed by atoms with E-state index in [0.29, 0.717) is 0 Å². The van der Waals surface area contributed by atoms with Gasteiger partial charge in [-0.1, -0.05) is 0 Å². The molecule has 0 spiro atoms. The molecular weight excluding hydrogens is 449 g/mol. The number of carbonyl (C=O) groups is 3. The van der Waals surface area contributed by atoms with Crippen LogP contribution in [0.15, 0.2) is 36.5 Å². The molecule has 0 aromatic rings. The number of rotatable bonds is 6. The zero-order chi connectivity index (χ0) is 14.7. The van der Waals surface area contributed by atoms with Crippen molar-refractivity contribution in [3.8, 4) is 0 Å². The fraction of sp³-hybridized carbons (Fsp3) is 0.250. The Balaban J connectivity index is 4.67. The molecule has 0 aromatic carbocycles. The van der Waals surface area contributed by atoms with Crippen molar-refractivity contribution in [3.05, 3.63) is 36.5 Å². The first-order valence-electron chi connectivity index (χ1n) is 5.37. The van der Waals surface area contributed by atoms with Gasteiger partial charge in [-0.25, -0.2) is 0 Å².